The van der Waals surface area contributed by atoms with Gasteiger partial charge in [-0.25, -0.2) is 0 Å². The van der Waals surface area contributed by atoms with Gasteiger partial charge < -0.3 is 11.5 Å². The molecule has 0 spiro atoms. The second-order valence-electron chi connectivity index (χ2n) is 4.17. The lowest BCUT2D eigenvalue weighted by Crippen LogP contribution is -2.45. The monoisotopic (exact) mass is 198 g/mol. The molecule has 1 heterocycles. The highest BCUT2D eigenvalue weighted by Gasteiger charge is 2.23. The number of hydrogen-bond donors (Lipinski definition) is 2. The molecule has 82 valence electrons. The zero-order valence-corrected chi connectivity index (χ0v) is 9.24. The number of guanidine groups is 1. The summed E-state index contributed by atoms with van der Waals surface area (Å²) in [5.41, 5.74) is 10.6. The van der Waals surface area contributed by atoms with E-state index in [1.807, 2.05) is 0 Å². The SMILES string of the molecule is C[C@@H]1CCC[C@H](C)N1CCN=C(N)N. The van der Waals surface area contributed by atoms with Crippen molar-refractivity contribution in [1.29, 1.82) is 0 Å². The van der Waals surface area contributed by atoms with Crippen molar-refractivity contribution in [3.8, 4) is 0 Å². The van der Waals surface area contributed by atoms with Gasteiger partial charge in [-0.2, -0.15) is 0 Å². The second kappa shape index (κ2) is 5.20. The van der Waals surface area contributed by atoms with Gasteiger partial charge in [0.05, 0.1) is 6.54 Å². The zero-order valence-electron chi connectivity index (χ0n) is 9.24. The summed E-state index contributed by atoms with van der Waals surface area (Å²) in [6.07, 6.45) is 3.94. The van der Waals surface area contributed by atoms with Crippen molar-refractivity contribution >= 4 is 5.96 Å². The summed E-state index contributed by atoms with van der Waals surface area (Å²) in [6.45, 7) is 6.26. The summed E-state index contributed by atoms with van der Waals surface area (Å²) in [7, 11) is 0. The first-order valence-corrected chi connectivity index (χ1v) is 5.42. The molecule has 0 saturated carbocycles. The van der Waals surface area contributed by atoms with Crippen molar-refractivity contribution in [3.63, 3.8) is 0 Å². The standard InChI is InChI=1S/C10H22N4/c1-8-4-3-5-9(2)14(8)7-6-13-10(11)12/h8-9H,3-7H2,1-2H3,(H4,11,12,13)/t8-,9+. The van der Waals surface area contributed by atoms with Crippen molar-refractivity contribution in [3.05, 3.63) is 0 Å². The molecule has 0 aliphatic carbocycles. The van der Waals surface area contributed by atoms with Crippen molar-refractivity contribution in [2.24, 2.45) is 16.5 Å². The normalized spacial score (nSPS) is 28.7. The number of nitrogens with two attached hydrogens (primary N) is 2. The molecule has 0 radical (unpaired) electrons. The minimum absolute atomic E-state index is 0.197. The Balaban J connectivity index is 2.36. The van der Waals surface area contributed by atoms with Gasteiger partial charge in [0.2, 0.25) is 0 Å². The van der Waals surface area contributed by atoms with Gasteiger partial charge in [0.15, 0.2) is 5.96 Å². The van der Waals surface area contributed by atoms with Crippen LogP contribution < -0.4 is 11.5 Å². The van der Waals surface area contributed by atoms with Gasteiger partial charge in [-0.1, -0.05) is 6.42 Å². The lowest BCUT2D eigenvalue weighted by Gasteiger charge is -2.38. The lowest BCUT2D eigenvalue weighted by molar-refractivity contribution is 0.108. The summed E-state index contributed by atoms with van der Waals surface area (Å²) in [5, 5.41) is 0. The maximum absolute atomic E-state index is 5.29. The third kappa shape index (κ3) is 3.18. The molecule has 4 nitrogen and oxygen atoms in total. The molecule has 0 aromatic heterocycles. The first-order chi connectivity index (χ1) is 6.61. The van der Waals surface area contributed by atoms with Crippen LogP contribution in [-0.4, -0.2) is 36.0 Å². The lowest BCUT2D eigenvalue weighted by atomic mass is 9.98. The van der Waals surface area contributed by atoms with E-state index in [9.17, 15) is 0 Å². The molecule has 2 atom stereocenters. The quantitative estimate of drug-likeness (QED) is 0.513. The first kappa shape index (κ1) is 11.3. The first-order valence-electron chi connectivity index (χ1n) is 5.42. The Morgan fingerprint density at radius 3 is 2.36 bits per heavy atom. The second-order valence-corrected chi connectivity index (χ2v) is 4.17. The molecule has 1 aliphatic rings. The molecule has 1 saturated heterocycles. The average molecular weight is 198 g/mol. The fourth-order valence-electron chi connectivity index (χ4n) is 2.21. The maximum Gasteiger partial charge on any atom is 0.185 e. The molecule has 1 rings (SSSR count). The summed E-state index contributed by atoms with van der Waals surface area (Å²) >= 11 is 0. The van der Waals surface area contributed by atoms with E-state index in [0.717, 1.165) is 13.1 Å². The minimum atomic E-state index is 0.197. The Bertz CT molecular complexity index is 188. The van der Waals surface area contributed by atoms with Crippen LogP contribution in [0.25, 0.3) is 0 Å². The van der Waals surface area contributed by atoms with E-state index in [0.29, 0.717) is 12.1 Å². The van der Waals surface area contributed by atoms with Gasteiger partial charge in [0, 0.05) is 18.6 Å². The Morgan fingerprint density at radius 1 is 1.29 bits per heavy atom. The van der Waals surface area contributed by atoms with E-state index in [-0.39, 0.29) is 5.96 Å². The van der Waals surface area contributed by atoms with E-state index in [4.69, 9.17) is 11.5 Å². The van der Waals surface area contributed by atoms with Gasteiger partial charge in [0.25, 0.3) is 0 Å². The Labute approximate surface area is 86.4 Å². The van der Waals surface area contributed by atoms with Gasteiger partial charge in [-0.3, -0.25) is 9.89 Å². The molecular formula is C10H22N4. The fourth-order valence-corrected chi connectivity index (χ4v) is 2.21. The van der Waals surface area contributed by atoms with Gasteiger partial charge in [-0.15, -0.1) is 0 Å². The highest BCUT2D eigenvalue weighted by atomic mass is 15.2. The maximum atomic E-state index is 5.29. The van der Waals surface area contributed by atoms with Crippen molar-refractivity contribution < 1.29 is 0 Å². The summed E-state index contributed by atoms with van der Waals surface area (Å²) in [6, 6.07) is 1.35. The molecular weight excluding hydrogens is 176 g/mol. The summed E-state index contributed by atoms with van der Waals surface area (Å²) in [5.74, 6) is 0.197. The summed E-state index contributed by atoms with van der Waals surface area (Å²) < 4.78 is 0. The van der Waals surface area contributed by atoms with Crippen molar-refractivity contribution in [2.75, 3.05) is 13.1 Å². The van der Waals surface area contributed by atoms with Crippen LogP contribution >= 0.6 is 0 Å². The molecule has 14 heavy (non-hydrogen) atoms. The van der Waals surface area contributed by atoms with E-state index >= 15 is 0 Å². The fraction of sp³-hybridized carbons (Fsp3) is 0.900. The predicted octanol–water partition coefficient (Wildman–Crippen LogP) is 0.523. The number of likely N-dealkylation sites (tertiary alicyclic amines) is 1. The number of piperidine rings is 1. The van der Waals surface area contributed by atoms with Crippen LogP contribution in [0.5, 0.6) is 0 Å². The van der Waals surface area contributed by atoms with Gasteiger partial charge >= 0.3 is 0 Å². The van der Waals surface area contributed by atoms with E-state index < -0.39 is 0 Å². The number of aliphatic imine (C=N–C) groups is 1. The molecule has 4 N–H and O–H groups in total. The van der Waals surface area contributed by atoms with Crippen LogP contribution in [0.4, 0.5) is 0 Å². The smallest absolute Gasteiger partial charge is 0.185 e. The number of rotatable bonds is 3. The Morgan fingerprint density at radius 2 is 1.86 bits per heavy atom. The van der Waals surface area contributed by atoms with Gasteiger partial charge in [-0.05, 0) is 26.7 Å². The third-order valence-electron chi connectivity index (χ3n) is 3.03. The van der Waals surface area contributed by atoms with Crippen molar-refractivity contribution in [2.45, 2.75) is 45.2 Å². The molecule has 4 heteroatoms. The molecule has 0 amide bonds. The minimum Gasteiger partial charge on any atom is -0.370 e. The molecule has 0 aromatic rings. The zero-order chi connectivity index (χ0) is 10.6. The highest BCUT2D eigenvalue weighted by Crippen LogP contribution is 2.21. The molecule has 0 unspecified atom stereocenters. The molecule has 1 aliphatic heterocycles. The third-order valence-corrected chi connectivity index (χ3v) is 3.03. The molecule has 1 fully saturated rings. The Kier molecular flexibility index (Phi) is 4.20. The van der Waals surface area contributed by atoms with E-state index in [1.54, 1.807) is 0 Å². The van der Waals surface area contributed by atoms with Crippen LogP contribution in [0.2, 0.25) is 0 Å². The van der Waals surface area contributed by atoms with E-state index in [2.05, 4.69) is 23.7 Å². The van der Waals surface area contributed by atoms with Crippen LogP contribution in [0.3, 0.4) is 0 Å². The van der Waals surface area contributed by atoms with Crippen molar-refractivity contribution in [1.82, 2.24) is 4.90 Å². The largest absolute Gasteiger partial charge is 0.370 e. The topological polar surface area (TPSA) is 67.6 Å². The van der Waals surface area contributed by atoms with E-state index in [1.165, 1.54) is 19.3 Å². The highest BCUT2D eigenvalue weighted by molar-refractivity contribution is 5.75. The molecule has 0 aromatic carbocycles. The molecule has 0 bridgehead atoms. The Hall–Kier alpha value is -0.770. The number of nitrogens with zero attached hydrogens (tertiary/aromatic N) is 2. The van der Waals surface area contributed by atoms with Gasteiger partial charge in [0.1, 0.15) is 0 Å². The average Bonchev–Trinajstić information content (AvgIpc) is 2.09. The van der Waals surface area contributed by atoms with Crippen LogP contribution in [0, 0.1) is 0 Å². The number of hydrogen-bond acceptors (Lipinski definition) is 2. The van der Waals surface area contributed by atoms with Crippen LogP contribution in [0.1, 0.15) is 33.1 Å². The summed E-state index contributed by atoms with van der Waals surface area (Å²) in [4.78, 5) is 6.51. The predicted molar refractivity (Wildman–Crippen MR) is 60.2 cm³/mol. The van der Waals surface area contributed by atoms with Crippen LogP contribution in [-0.2, 0) is 0 Å². The van der Waals surface area contributed by atoms with Crippen LogP contribution in [0.15, 0.2) is 4.99 Å².